The quantitative estimate of drug-likeness (QED) is 0.532. The Kier molecular flexibility index (Phi) is 7.90. The number of carbonyl (C=O) groups excluding carboxylic acids is 2. The number of thiazole rings is 1. The van der Waals surface area contributed by atoms with Crippen LogP contribution in [0, 0.1) is 12.8 Å². The van der Waals surface area contributed by atoms with E-state index in [0.29, 0.717) is 25.3 Å². The van der Waals surface area contributed by atoms with E-state index >= 15 is 0 Å². The maximum Gasteiger partial charge on any atom is 0.243 e. The number of aliphatic imine (C=N–C) groups is 2. The van der Waals surface area contributed by atoms with Crippen molar-refractivity contribution >= 4 is 34.7 Å². The fourth-order valence-corrected chi connectivity index (χ4v) is 4.70. The molecule has 170 valence electrons. The molecule has 2 atom stereocenters. The summed E-state index contributed by atoms with van der Waals surface area (Å²) in [5, 5.41) is 3.01. The van der Waals surface area contributed by atoms with Gasteiger partial charge in [0.25, 0.3) is 0 Å². The third kappa shape index (κ3) is 5.48. The highest BCUT2D eigenvalue weighted by Gasteiger charge is 2.37. The Morgan fingerprint density at radius 1 is 1.28 bits per heavy atom. The number of carbonyl (C=O) groups is 2. The lowest BCUT2D eigenvalue weighted by molar-refractivity contribution is -0.139. The summed E-state index contributed by atoms with van der Waals surface area (Å²) in [7, 11) is 1.64. The van der Waals surface area contributed by atoms with Crippen LogP contribution in [0.15, 0.2) is 39.8 Å². The summed E-state index contributed by atoms with van der Waals surface area (Å²) in [6.45, 7) is 8.56. The highest BCUT2D eigenvalue weighted by molar-refractivity contribution is 7.13. The van der Waals surface area contributed by atoms with Crippen LogP contribution in [0.25, 0.3) is 10.4 Å². The summed E-state index contributed by atoms with van der Waals surface area (Å²) >= 11 is 1.62. The molecule has 32 heavy (non-hydrogen) atoms. The topological polar surface area (TPSA) is 87.0 Å². The summed E-state index contributed by atoms with van der Waals surface area (Å²) < 4.78 is 0. The van der Waals surface area contributed by atoms with Gasteiger partial charge in [0.15, 0.2) is 0 Å². The first-order chi connectivity index (χ1) is 15.3. The van der Waals surface area contributed by atoms with Crippen molar-refractivity contribution in [2.24, 2.45) is 15.9 Å². The second kappa shape index (κ2) is 10.6. The number of amidine groups is 1. The molecule has 8 heteroatoms. The minimum Gasteiger partial charge on any atom is -0.350 e. The van der Waals surface area contributed by atoms with Crippen molar-refractivity contribution in [1.82, 2.24) is 15.2 Å². The molecule has 2 amide bonds. The van der Waals surface area contributed by atoms with Gasteiger partial charge < -0.3 is 10.2 Å². The third-order valence-corrected chi connectivity index (χ3v) is 6.57. The van der Waals surface area contributed by atoms with Crippen LogP contribution in [0.4, 0.5) is 0 Å². The summed E-state index contributed by atoms with van der Waals surface area (Å²) in [5.41, 5.74) is 5.85. The first-order valence-electron chi connectivity index (χ1n) is 10.9. The molecule has 1 N–H and O–H groups in total. The monoisotopic (exact) mass is 453 g/mol. The van der Waals surface area contributed by atoms with Crippen LogP contribution in [0.2, 0.25) is 0 Å². The normalized spacial score (nSPS) is 17.2. The molecule has 1 aliphatic rings. The van der Waals surface area contributed by atoms with Crippen LogP contribution in [-0.2, 0) is 16.1 Å². The Balaban J connectivity index is 1.61. The average molecular weight is 454 g/mol. The van der Waals surface area contributed by atoms with Gasteiger partial charge in [-0.15, -0.1) is 11.3 Å². The van der Waals surface area contributed by atoms with Crippen LogP contribution in [0.3, 0.4) is 0 Å². The first-order valence-corrected chi connectivity index (χ1v) is 11.8. The zero-order valence-corrected chi connectivity index (χ0v) is 20.2. The second-order valence-corrected chi connectivity index (χ2v) is 9.09. The first kappa shape index (κ1) is 23.8. The number of likely N-dealkylation sites (tertiary alicyclic amines) is 1. The molecule has 0 aliphatic carbocycles. The van der Waals surface area contributed by atoms with Crippen molar-refractivity contribution in [2.75, 3.05) is 13.6 Å². The van der Waals surface area contributed by atoms with Crippen LogP contribution in [0.5, 0.6) is 0 Å². The number of rotatable bonds is 6. The number of benzene rings is 1. The summed E-state index contributed by atoms with van der Waals surface area (Å²) in [5.74, 6) is -0.198. The van der Waals surface area contributed by atoms with Crippen LogP contribution in [0.1, 0.15) is 44.9 Å². The second-order valence-electron chi connectivity index (χ2n) is 8.23. The lowest BCUT2D eigenvalue weighted by Gasteiger charge is -2.26. The van der Waals surface area contributed by atoms with Crippen LogP contribution >= 0.6 is 11.3 Å². The van der Waals surface area contributed by atoms with E-state index in [0.717, 1.165) is 33.8 Å². The van der Waals surface area contributed by atoms with E-state index in [9.17, 15) is 9.59 Å². The largest absolute Gasteiger partial charge is 0.350 e. The van der Waals surface area contributed by atoms with Gasteiger partial charge >= 0.3 is 0 Å². The van der Waals surface area contributed by atoms with Crippen molar-refractivity contribution < 1.29 is 9.59 Å². The van der Waals surface area contributed by atoms with Gasteiger partial charge in [-0.25, -0.2) is 9.98 Å². The maximum atomic E-state index is 13.1. The van der Waals surface area contributed by atoms with Gasteiger partial charge in [-0.05, 0) is 51.7 Å². The van der Waals surface area contributed by atoms with E-state index < -0.39 is 12.0 Å². The molecule has 1 saturated heterocycles. The Bertz CT molecular complexity index is 1020. The molecule has 2 heterocycles. The highest BCUT2D eigenvalue weighted by atomic mass is 32.1. The molecule has 2 aromatic rings. The summed E-state index contributed by atoms with van der Waals surface area (Å²) in [6.07, 6.45) is 1.48. The number of hydrogen-bond donors (Lipinski definition) is 1. The van der Waals surface area contributed by atoms with Crippen LogP contribution < -0.4 is 5.32 Å². The van der Waals surface area contributed by atoms with E-state index in [1.165, 1.54) is 0 Å². The Labute approximate surface area is 193 Å². The Morgan fingerprint density at radius 3 is 2.59 bits per heavy atom. The molecule has 1 aliphatic heterocycles. The van der Waals surface area contributed by atoms with E-state index in [-0.39, 0.29) is 11.8 Å². The van der Waals surface area contributed by atoms with Gasteiger partial charge in [0.2, 0.25) is 11.8 Å². The van der Waals surface area contributed by atoms with E-state index in [2.05, 4.69) is 32.4 Å². The molecule has 0 spiro atoms. The van der Waals surface area contributed by atoms with Gasteiger partial charge in [0.05, 0.1) is 22.0 Å². The van der Waals surface area contributed by atoms with E-state index in [1.807, 2.05) is 38.4 Å². The molecule has 1 fully saturated rings. The van der Waals surface area contributed by atoms with E-state index in [4.69, 9.17) is 0 Å². The number of amides is 2. The zero-order chi connectivity index (χ0) is 23.3. The molecule has 1 aromatic heterocycles. The standard InChI is InChI=1S/C24H31N5O2S/c1-15(2)28-22(25-5)16(3)24(31)29-12-6-7-20(29)23(30)26-13-18-8-10-19(11-9-18)21-17(4)27-14-32-21/h8-11,14,16,20H,6-7,12-13H2,1-5H3,(H,26,30). The third-order valence-electron chi connectivity index (χ3n) is 5.59. The fourth-order valence-electron chi connectivity index (χ4n) is 3.89. The number of aryl methyl sites for hydroxylation is 1. The van der Waals surface area contributed by atoms with E-state index in [1.54, 1.807) is 30.2 Å². The Hall–Kier alpha value is -2.87. The number of hydrogen-bond acceptors (Lipinski definition) is 5. The zero-order valence-electron chi connectivity index (χ0n) is 19.4. The Morgan fingerprint density at radius 2 is 2.00 bits per heavy atom. The van der Waals surface area contributed by atoms with Gasteiger partial charge in [0, 0.05) is 25.8 Å². The van der Waals surface area contributed by atoms with Crippen molar-refractivity contribution in [3.05, 3.63) is 41.0 Å². The van der Waals surface area contributed by atoms with Crippen molar-refractivity contribution in [3.63, 3.8) is 0 Å². The molecule has 0 radical (unpaired) electrons. The maximum absolute atomic E-state index is 13.1. The minimum atomic E-state index is -0.481. The highest BCUT2D eigenvalue weighted by Crippen LogP contribution is 2.27. The molecule has 0 saturated carbocycles. The van der Waals surface area contributed by atoms with Crippen LogP contribution in [-0.4, -0.2) is 52.9 Å². The van der Waals surface area contributed by atoms with Gasteiger partial charge in [-0.1, -0.05) is 24.3 Å². The predicted octanol–water partition coefficient (Wildman–Crippen LogP) is 3.87. The van der Waals surface area contributed by atoms with Gasteiger partial charge in [-0.2, -0.15) is 0 Å². The molecular formula is C24H31N5O2S. The molecule has 7 nitrogen and oxygen atoms in total. The molecular weight excluding hydrogens is 422 g/mol. The predicted molar refractivity (Wildman–Crippen MR) is 130 cm³/mol. The lowest BCUT2D eigenvalue weighted by Crippen LogP contribution is -2.48. The fraction of sp³-hybridized carbons (Fsp3) is 0.458. The molecule has 3 rings (SSSR count). The van der Waals surface area contributed by atoms with Crippen molar-refractivity contribution in [3.8, 4) is 10.4 Å². The number of nitrogens with one attached hydrogen (secondary N) is 1. The van der Waals surface area contributed by atoms with Gasteiger partial charge in [0.1, 0.15) is 11.9 Å². The molecule has 2 unspecified atom stereocenters. The minimum absolute atomic E-state index is 0.0995. The summed E-state index contributed by atoms with van der Waals surface area (Å²) in [6, 6.07) is 7.69. The number of nitrogens with zero attached hydrogens (tertiary/aromatic N) is 4. The number of aromatic nitrogens is 1. The molecule has 0 bridgehead atoms. The summed E-state index contributed by atoms with van der Waals surface area (Å²) in [4.78, 5) is 41.7. The SMILES string of the molecule is CN=C(N=C(C)C)C(C)C(=O)N1CCCC1C(=O)NCc1ccc(-c2scnc2C)cc1. The van der Waals surface area contributed by atoms with Gasteiger partial charge in [-0.3, -0.25) is 14.6 Å². The van der Waals surface area contributed by atoms with Crippen molar-refractivity contribution in [2.45, 2.75) is 53.1 Å². The smallest absolute Gasteiger partial charge is 0.243 e. The average Bonchev–Trinajstić information content (AvgIpc) is 3.44. The van der Waals surface area contributed by atoms with Crippen molar-refractivity contribution in [1.29, 1.82) is 0 Å². The lowest BCUT2D eigenvalue weighted by atomic mass is 10.1. The molecule has 1 aromatic carbocycles.